The Hall–Kier alpha value is -1.12. The fourth-order valence-electron chi connectivity index (χ4n) is 2.37. The fraction of sp³-hybridized carbons (Fsp3) is 0.636. The standard InChI is InChI=1S/C11H14O3/c1-5-6(2)11-8(4-9(12)14-11)7(3)10(5)13/h7-8,11H,4H2,1-3H3. The average Bonchev–Trinajstić information content (AvgIpc) is 2.54. The summed E-state index contributed by atoms with van der Waals surface area (Å²) in [5, 5.41) is 0. The Labute approximate surface area is 83.1 Å². The largest absolute Gasteiger partial charge is 0.457 e. The molecule has 1 aliphatic heterocycles. The predicted octanol–water partition coefficient (Wildman–Crippen LogP) is 1.47. The Morgan fingerprint density at radius 3 is 2.57 bits per heavy atom. The summed E-state index contributed by atoms with van der Waals surface area (Å²) in [6.07, 6.45) is 0.248. The molecular formula is C11H14O3. The maximum absolute atomic E-state index is 11.8. The smallest absolute Gasteiger partial charge is 0.306 e. The second kappa shape index (κ2) is 2.94. The third-order valence-corrected chi connectivity index (χ3v) is 3.49. The fourth-order valence-corrected chi connectivity index (χ4v) is 2.37. The van der Waals surface area contributed by atoms with Gasteiger partial charge in [-0.15, -0.1) is 0 Å². The second-order valence-electron chi connectivity index (χ2n) is 4.24. The molecule has 0 radical (unpaired) electrons. The third-order valence-electron chi connectivity index (χ3n) is 3.49. The van der Waals surface area contributed by atoms with E-state index in [1.165, 1.54) is 0 Å². The number of carbonyl (C=O) groups is 2. The number of fused-ring (bicyclic) bond motifs is 1. The number of ketones is 1. The van der Waals surface area contributed by atoms with Crippen molar-refractivity contribution in [3.05, 3.63) is 11.1 Å². The summed E-state index contributed by atoms with van der Waals surface area (Å²) in [4.78, 5) is 22.9. The van der Waals surface area contributed by atoms with E-state index in [0.29, 0.717) is 6.42 Å². The Kier molecular flexibility index (Phi) is 1.98. The number of Topliss-reactive ketones (excluding diaryl/α,β-unsaturated/α-hetero) is 1. The number of hydrogen-bond acceptors (Lipinski definition) is 3. The van der Waals surface area contributed by atoms with Gasteiger partial charge in [-0.1, -0.05) is 6.92 Å². The van der Waals surface area contributed by atoms with E-state index in [1.807, 2.05) is 20.8 Å². The molecule has 1 fully saturated rings. The normalized spacial score (nSPS) is 37.2. The number of rotatable bonds is 0. The first-order valence-electron chi connectivity index (χ1n) is 4.93. The van der Waals surface area contributed by atoms with Gasteiger partial charge in [0.15, 0.2) is 5.78 Å². The molecule has 0 N–H and O–H groups in total. The highest BCUT2D eigenvalue weighted by Crippen LogP contribution is 2.39. The Morgan fingerprint density at radius 1 is 1.29 bits per heavy atom. The molecule has 0 amide bonds. The van der Waals surface area contributed by atoms with E-state index in [1.54, 1.807) is 0 Å². The van der Waals surface area contributed by atoms with E-state index in [0.717, 1.165) is 11.1 Å². The minimum atomic E-state index is -0.172. The Morgan fingerprint density at radius 2 is 1.93 bits per heavy atom. The SMILES string of the molecule is CC1=C(C)C2OC(=O)CC2C(C)C1=O. The molecule has 1 saturated heterocycles. The lowest BCUT2D eigenvalue weighted by atomic mass is 9.74. The van der Waals surface area contributed by atoms with Crippen LogP contribution in [0.3, 0.4) is 0 Å². The summed E-state index contributed by atoms with van der Waals surface area (Å²) in [6, 6.07) is 0. The van der Waals surface area contributed by atoms with Crippen molar-refractivity contribution in [2.24, 2.45) is 11.8 Å². The van der Waals surface area contributed by atoms with Crippen LogP contribution in [0.1, 0.15) is 27.2 Å². The van der Waals surface area contributed by atoms with Gasteiger partial charge in [-0.25, -0.2) is 0 Å². The van der Waals surface area contributed by atoms with Crippen LogP contribution in [0.25, 0.3) is 0 Å². The van der Waals surface area contributed by atoms with Gasteiger partial charge in [-0.3, -0.25) is 9.59 Å². The van der Waals surface area contributed by atoms with Crippen molar-refractivity contribution in [3.8, 4) is 0 Å². The van der Waals surface area contributed by atoms with E-state index in [2.05, 4.69) is 0 Å². The molecule has 0 saturated carbocycles. The first-order valence-corrected chi connectivity index (χ1v) is 4.93. The first-order chi connectivity index (χ1) is 6.52. The zero-order valence-electron chi connectivity index (χ0n) is 8.66. The van der Waals surface area contributed by atoms with Gasteiger partial charge in [0.25, 0.3) is 0 Å². The molecule has 0 aromatic carbocycles. The van der Waals surface area contributed by atoms with Crippen LogP contribution in [0.15, 0.2) is 11.1 Å². The lowest BCUT2D eigenvalue weighted by molar-refractivity contribution is -0.140. The Bertz CT molecular complexity index is 340. The van der Waals surface area contributed by atoms with Gasteiger partial charge in [-0.2, -0.15) is 0 Å². The molecular weight excluding hydrogens is 180 g/mol. The molecule has 0 aromatic heterocycles. The van der Waals surface area contributed by atoms with Crippen LogP contribution in [0, 0.1) is 11.8 Å². The molecule has 3 nitrogen and oxygen atoms in total. The van der Waals surface area contributed by atoms with E-state index in [4.69, 9.17) is 4.74 Å². The van der Waals surface area contributed by atoms with Gasteiger partial charge in [0.05, 0.1) is 6.42 Å². The van der Waals surface area contributed by atoms with Crippen LogP contribution in [0.2, 0.25) is 0 Å². The molecule has 3 unspecified atom stereocenters. The van der Waals surface area contributed by atoms with Gasteiger partial charge in [0.1, 0.15) is 6.10 Å². The van der Waals surface area contributed by atoms with Crippen LogP contribution in [0.4, 0.5) is 0 Å². The second-order valence-corrected chi connectivity index (χ2v) is 4.24. The van der Waals surface area contributed by atoms with E-state index in [-0.39, 0.29) is 29.7 Å². The van der Waals surface area contributed by atoms with Crippen molar-refractivity contribution in [2.75, 3.05) is 0 Å². The topological polar surface area (TPSA) is 43.4 Å². The molecule has 2 aliphatic rings. The minimum Gasteiger partial charge on any atom is -0.457 e. The van der Waals surface area contributed by atoms with Gasteiger partial charge in [0, 0.05) is 11.8 Å². The quantitative estimate of drug-likeness (QED) is 0.548. The Balaban J connectivity index is 2.43. The molecule has 3 atom stereocenters. The lowest BCUT2D eigenvalue weighted by Crippen LogP contribution is -2.35. The van der Waals surface area contributed by atoms with Crippen molar-refractivity contribution >= 4 is 11.8 Å². The monoisotopic (exact) mass is 194 g/mol. The van der Waals surface area contributed by atoms with Gasteiger partial charge in [0.2, 0.25) is 0 Å². The third kappa shape index (κ3) is 1.11. The molecule has 0 bridgehead atoms. The summed E-state index contributed by atoms with van der Waals surface area (Å²) in [6.45, 7) is 5.59. The van der Waals surface area contributed by atoms with Crippen molar-refractivity contribution in [1.82, 2.24) is 0 Å². The number of allylic oxidation sites excluding steroid dienone is 1. The van der Waals surface area contributed by atoms with Crippen LogP contribution in [-0.4, -0.2) is 17.9 Å². The highest BCUT2D eigenvalue weighted by atomic mass is 16.6. The molecule has 1 heterocycles. The average molecular weight is 194 g/mol. The van der Waals surface area contributed by atoms with E-state index >= 15 is 0 Å². The van der Waals surface area contributed by atoms with E-state index < -0.39 is 0 Å². The molecule has 0 spiro atoms. The number of carbonyl (C=O) groups excluding carboxylic acids is 2. The molecule has 14 heavy (non-hydrogen) atoms. The summed E-state index contributed by atoms with van der Waals surface area (Å²) < 4.78 is 5.22. The van der Waals surface area contributed by atoms with E-state index in [9.17, 15) is 9.59 Å². The molecule has 1 aliphatic carbocycles. The molecule has 2 rings (SSSR count). The summed E-state index contributed by atoms with van der Waals surface area (Å²) in [7, 11) is 0. The molecule has 3 heteroatoms. The predicted molar refractivity (Wildman–Crippen MR) is 50.5 cm³/mol. The van der Waals surface area contributed by atoms with Crippen molar-refractivity contribution in [3.63, 3.8) is 0 Å². The van der Waals surface area contributed by atoms with Gasteiger partial charge in [-0.05, 0) is 25.0 Å². The highest BCUT2D eigenvalue weighted by Gasteiger charge is 2.45. The maximum Gasteiger partial charge on any atom is 0.306 e. The van der Waals surface area contributed by atoms with Crippen molar-refractivity contribution in [1.29, 1.82) is 0 Å². The maximum atomic E-state index is 11.8. The van der Waals surface area contributed by atoms with Crippen LogP contribution >= 0.6 is 0 Å². The van der Waals surface area contributed by atoms with Gasteiger partial charge >= 0.3 is 5.97 Å². The van der Waals surface area contributed by atoms with Gasteiger partial charge < -0.3 is 4.74 Å². The molecule has 0 aromatic rings. The minimum absolute atomic E-state index is 0.0682. The molecule has 76 valence electrons. The van der Waals surface area contributed by atoms with Crippen molar-refractivity contribution < 1.29 is 14.3 Å². The first kappa shape index (κ1) is 9.44. The lowest BCUT2D eigenvalue weighted by Gasteiger charge is -2.29. The van der Waals surface area contributed by atoms with Crippen LogP contribution in [-0.2, 0) is 14.3 Å². The number of esters is 1. The van der Waals surface area contributed by atoms with Crippen molar-refractivity contribution in [2.45, 2.75) is 33.3 Å². The number of hydrogen-bond donors (Lipinski definition) is 0. The number of ether oxygens (including phenoxy) is 1. The summed E-state index contributed by atoms with van der Waals surface area (Å²) in [5.74, 6) is -0.00963. The zero-order valence-corrected chi connectivity index (χ0v) is 8.66. The zero-order chi connectivity index (χ0) is 10.5. The highest BCUT2D eigenvalue weighted by molar-refractivity contribution is 5.99. The summed E-state index contributed by atoms with van der Waals surface area (Å²) >= 11 is 0. The summed E-state index contributed by atoms with van der Waals surface area (Å²) in [5.41, 5.74) is 1.71. The van der Waals surface area contributed by atoms with Crippen LogP contribution < -0.4 is 0 Å². The van der Waals surface area contributed by atoms with Crippen LogP contribution in [0.5, 0.6) is 0 Å².